The molecular formula is C13H20N2O2. The molecule has 0 radical (unpaired) electrons. The number of rotatable bonds is 3. The molecule has 3 rings (SSSR count). The second-order valence-electron chi connectivity index (χ2n) is 5.19. The predicted octanol–water partition coefficient (Wildman–Crippen LogP) is 1.64. The molecule has 1 aromatic heterocycles. The van der Waals surface area contributed by atoms with E-state index in [1.54, 1.807) is 0 Å². The van der Waals surface area contributed by atoms with Gasteiger partial charge in [-0.15, -0.1) is 0 Å². The molecule has 2 aliphatic rings. The van der Waals surface area contributed by atoms with Gasteiger partial charge in [-0.2, -0.15) is 0 Å². The van der Waals surface area contributed by atoms with Crippen LogP contribution in [0, 0.1) is 12.8 Å². The van der Waals surface area contributed by atoms with Crippen LogP contribution in [-0.4, -0.2) is 31.3 Å². The van der Waals surface area contributed by atoms with E-state index in [0.29, 0.717) is 11.8 Å². The Labute approximate surface area is 102 Å². The largest absolute Gasteiger partial charge is 0.446 e. The highest BCUT2D eigenvalue weighted by molar-refractivity contribution is 5.15. The van der Waals surface area contributed by atoms with Crippen molar-refractivity contribution in [3.8, 4) is 0 Å². The fraction of sp³-hybridized carbons (Fsp3) is 0.769. The van der Waals surface area contributed by atoms with Gasteiger partial charge < -0.3 is 14.5 Å². The van der Waals surface area contributed by atoms with Gasteiger partial charge in [0.1, 0.15) is 5.76 Å². The number of aryl methyl sites for hydroxylation is 1. The number of hydrogen-bond acceptors (Lipinski definition) is 4. The Bertz CT molecular complexity index is 379. The van der Waals surface area contributed by atoms with Crippen LogP contribution in [0.5, 0.6) is 0 Å². The number of nitrogens with one attached hydrogen (secondary N) is 1. The normalized spacial score (nSPS) is 25.8. The summed E-state index contributed by atoms with van der Waals surface area (Å²) in [5, 5.41) is 3.28. The summed E-state index contributed by atoms with van der Waals surface area (Å²) >= 11 is 0. The standard InChI is InChI=1S/C13H20N2O2/c1-9-13(11-3-2-4-16-8-11)15-12(17-9)5-10-6-14-7-10/h10-11,14H,2-8H2,1H3. The second kappa shape index (κ2) is 4.78. The molecule has 0 aliphatic carbocycles. The van der Waals surface area contributed by atoms with Gasteiger partial charge in [0.05, 0.1) is 12.3 Å². The second-order valence-corrected chi connectivity index (χ2v) is 5.19. The summed E-state index contributed by atoms with van der Waals surface area (Å²) in [6.07, 6.45) is 3.29. The fourth-order valence-electron chi connectivity index (χ4n) is 2.63. The molecule has 1 N–H and O–H groups in total. The highest BCUT2D eigenvalue weighted by atomic mass is 16.5. The van der Waals surface area contributed by atoms with Gasteiger partial charge in [0, 0.05) is 18.9 Å². The van der Waals surface area contributed by atoms with E-state index in [4.69, 9.17) is 9.15 Å². The molecule has 2 saturated heterocycles. The van der Waals surface area contributed by atoms with E-state index < -0.39 is 0 Å². The summed E-state index contributed by atoms with van der Waals surface area (Å²) in [5.41, 5.74) is 1.13. The van der Waals surface area contributed by atoms with Gasteiger partial charge in [0.15, 0.2) is 5.89 Å². The molecule has 1 atom stereocenters. The Kier molecular flexibility index (Phi) is 3.16. The Morgan fingerprint density at radius 3 is 2.94 bits per heavy atom. The van der Waals surface area contributed by atoms with E-state index in [9.17, 15) is 0 Å². The topological polar surface area (TPSA) is 47.3 Å². The smallest absolute Gasteiger partial charge is 0.194 e. The van der Waals surface area contributed by atoms with Crippen molar-refractivity contribution in [2.24, 2.45) is 5.92 Å². The van der Waals surface area contributed by atoms with Crippen molar-refractivity contribution in [2.75, 3.05) is 26.3 Å². The van der Waals surface area contributed by atoms with Crippen molar-refractivity contribution in [3.63, 3.8) is 0 Å². The minimum Gasteiger partial charge on any atom is -0.446 e. The van der Waals surface area contributed by atoms with Gasteiger partial charge in [-0.1, -0.05) is 0 Å². The van der Waals surface area contributed by atoms with E-state index in [0.717, 1.165) is 56.5 Å². The maximum Gasteiger partial charge on any atom is 0.194 e. The molecule has 17 heavy (non-hydrogen) atoms. The van der Waals surface area contributed by atoms with Crippen molar-refractivity contribution >= 4 is 0 Å². The number of aromatic nitrogens is 1. The summed E-state index contributed by atoms with van der Waals surface area (Å²) < 4.78 is 11.3. The fourth-order valence-corrected chi connectivity index (χ4v) is 2.63. The van der Waals surface area contributed by atoms with Gasteiger partial charge >= 0.3 is 0 Å². The monoisotopic (exact) mass is 236 g/mol. The summed E-state index contributed by atoms with van der Waals surface area (Å²) in [4.78, 5) is 4.68. The summed E-state index contributed by atoms with van der Waals surface area (Å²) in [6.45, 7) is 5.93. The van der Waals surface area contributed by atoms with Crippen LogP contribution < -0.4 is 5.32 Å². The van der Waals surface area contributed by atoms with E-state index in [1.807, 2.05) is 6.92 Å². The Morgan fingerprint density at radius 1 is 1.41 bits per heavy atom. The molecule has 94 valence electrons. The van der Waals surface area contributed by atoms with Crippen molar-refractivity contribution in [1.82, 2.24) is 10.3 Å². The molecule has 1 aromatic rings. The zero-order valence-corrected chi connectivity index (χ0v) is 10.4. The van der Waals surface area contributed by atoms with Crippen LogP contribution >= 0.6 is 0 Å². The first-order valence-corrected chi connectivity index (χ1v) is 6.57. The van der Waals surface area contributed by atoms with Gasteiger partial charge in [-0.3, -0.25) is 0 Å². The third kappa shape index (κ3) is 2.38. The lowest BCUT2D eigenvalue weighted by Crippen LogP contribution is -2.43. The molecule has 0 bridgehead atoms. The summed E-state index contributed by atoms with van der Waals surface area (Å²) in [6, 6.07) is 0. The van der Waals surface area contributed by atoms with Crippen LogP contribution in [0.1, 0.15) is 36.1 Å². The highest BCUT2D eigenvalue weighted by Gasteiger charge is 2.25. The van der Waals surface area contributed by atoms with Crippen LogP contribution in [0.25, 0.3) is 0 Å². The summed E-state index contributed by atoms with van der Waals surface area (Å²) in [7, 11) is 0. The maximum atomic E-state index is 5.78. The van der Waals surface area contributed by atoms with Crippen molar-refractivity contribution in [3.05, 3.63) is 17.3 Å². The molecule has 4 nitrogen and oxygen atoms in total. The van der Waals surface area contributed by atoms with Crippen LogP contribution in [0.3, 0.4) is 0 Å². The minimum absolute atomic E-state index is 0.445. The average Bonchev–Trinajstić information content (AvgIpc) is 2.66. The van der Waals surface area contributed by atoms with Gasteiger partial charge in [0.25, 0.3) is 0 Å². The van der Waals surface area contributed by atoms with E-state index in [2.05, 4.69) is 10.3 Å². The zero-order valence-electron chi connectivity index (χ0n) is 10.4. The first kappa shape index (κ1) is 11.2. The molecule has 1 unspecified atom stereocenters. The Hall–Kier alpha value is -0.870. The lowest BCUT2D eigenvalue weighted by molar-refractivity contribution is 0.0790. The average molecular weight is 236 g/mol. The Balaban J connectivity index is 1.70. The molecule has 2 fully saturated rings. The number of ether oxygens (including phenoxy) is 1. The molecule has 0 aromatic carbocycles. The third-order valence-corrected chi connectivity index (χ3v) is 3.75. The van der Waals surface area contributed by atoms with Crippen LogP contribution in [0.15, 0.2) is 4.42 Å². The summed E-state index contributed by atoms with van der Waals surface area (Å²) in [5.74, 6) is 3.06. The molecular weight excluding hydrogens is 216 g/mol. The van der Waals surface area contributed by atoms with Gasteiger partial charge in [-0.05, 0) is 38.8 Å². The lowest BCUT2D eigenvalue weighted by atomic mass is 9.97. The van der Waals surface area contributed by atoms with Crippen LogP contribution in [-0.2, 0) is 11.2 Å². The lowest BCUT2D eigenvalue weighted by Gasteiger charge is -2.25. The quantitative estimate of drug-likeness (QED) is 0.866. The van der Waals surface area contributed by atoms with Gasteiger partial charge in [0.2, 0.25) is 0 Å². The predicted molar refractivity (Wildman–Crippen MR) is 64.1 cm³/mol. The van der Waals surface area contributed by atoms with E-state index in [1.165, 1.54) is 6.42 Å². The van der Waals surface area contributed by atoms with Crippen molar-refractivity contribution in [1.29, 1.82) is 0 Å². The first-order chi connectivity index (χ1) is 8.33. The maximum absolute atomic E-state index is 5.78. The Morgan fingerprint density at radius 2 is 2.29 bits per heavy atom. The van der Waals surface area contributed by atoms with Crippen LogP contribution in [0.2, 0.25) is 0 Å². The zero-order chi connectivity index (χ0) is 11.7. The van der Waals surface area contributed by atoms with E-state index >= 15 is 0 Å². The highest BCUT2D eigenvalue weighted by Crippen LogP contribution is 2.28. The minimum atomic E-state index is 0.445. The van der Waals surface area contributed by atoms with Gasteiger partial charge in [-0.25, -0.2) is 4.98 Å². The van der Waals surface area contributed by atoms with Crippen LogP contribution in [0.4, 0.5) is 0 Å². The molecule has 3 heterocycles. The third-order valence-electron chi connectivity index (χ3n) is 3.75. The number of oxazole rings is 1. The number of nitrogens with zero attached hydrogens (tertiary/aromatic N) is 1. The van der Waals surface area contributed by atoms with E-state index in [-0.39, 0.29) is 0 Å². The number of hydrogen-bond donors (Lipinski definition) is 1. The van der Waals surface area contributed by atoms with Crippen molar-refractivity contribution in [2.45, 2.75) is 32.1 Å². The molecule has 0 amide bonds. The SMILES string of the molecule is Cc1oc(CC2CNC2)nc1C1CCCOC1. The molecule has 0 saturated carbocycles. The van der Waals surface area contributed by atoms with Crippen molar-refractivity contribution < 1.29 is 9.15 Å². The molecule has 4 heteroatoms. The molecule has 0 spiro atoms. The first-order valence-electron chi connectivity index (χ1n) is 6.57. The molecule has 2 aliphatic heterocycles.